The molecule has 0 unspecified atom stereocenters. The molecule has 9 heteroatoms. The minimum Gasteiger partial charge on any atom is -0.379 e. The van der Waals surface area contributed by atoms with Crippen molar-refractivity contribution in [3.05, 3.63) is 99.1 Å². The summed E-state index contributed by atoms with van der Waals surface area (Å²) in [6.07, 6.45) is 4.28. The van der Waals surface area contributed by atoms with E-state index in [0.717, 1.165) is 82.7 Å². The fourth-order valence-corrected chi connectivity index (χ4v) is 8.38. The standard InChI is InChI=1S/C35H37BrClN3O3S/c1-24-5-12-28(13-6-24)44-35(32(41)4-2-3-15-39-16-18-43-19-17-39)21-33(42)40(23-25-7-10-27(37)11-8-25)34(35)30-22-38-31-20-26(36)9-14-29(30)31/h5-14,20,22,34,38H,2-4,15-19,21,23H2,1H3/t34-,35+/m0/s1. The predicted octanol–water partition coefficient (Wildman–Crippen LogP) is 7.97. The highest BCUT2D eigenvalue weighted by atomic mass is 79.9. The summed E-state index contributed by atoms with van der Waals surface area (Å²) in [7, 11) is 0. The molecule has 3 heterocycles. The fraction of sp³-hybridized carbons (Fsp3) is 0.371. The first-order valence-electron chi connectivity index (χ1n) is 15.2. The van der Waals surface area contributed by atoms with Crippen molar-refractivity contribution in [3.63, 3.8) is 0 Å². The highest BCUT2D eigenvalue weighted by Gasteiger charge is 2.57. The minimum absolute atomic E-state index is 0.0160. The molecule has 1 aromatic heterocycles. The number of amides is 1. The Kier molecular flexibility index (Phi) is 9.83. The number of halogens is 2. The Bertz CT molecular complexity index is 1620. The number of morpholine rings is 1. The number of thioether (sulfide) groups is 1. The summed E-state index contributed by atoms with van der Waals surface area (Å²) >= 11 is 11.3. The zero-order chi connectivity index (χ0) is 30.7. The van der Waals surface area contributed by atoms with Crippen LogP contribution in [0.3, 0.4) is 0 Å². The molecule has 1 amide bonds. The molecule has 6 rings (SSSR count). The number of carbonyl (C=O) groups is 2. The summed E-state index contributed by atoms with van der Waals surface area (Å²) in [6, 6.07) is 21.6. The summed E-state index contributed by atoms with van der Waals surface area (Å²) in [4.78, 5) is 37.6. The highest BCUT2D eigenvalue weighted by molar-refractivity contribution is 9.10. The number of ketones is 1. The second kappa shape index (κ2) is 13.8. The maximum atomic E-state index is 14.7. The van der Waals surface area contributed by atoms with Crippen molar-refractivity contribution in [2.24, 2.45) is 0 Å². The Labute approximate surface area is 276 Å². The number of aromatic amines is 1. The molecule has 4 aromatic rings. The van der Waals surface area contributed by atoms with Gasteiger partial charge in [-0.05, 0) is 68.3 Å². The maximum Gasteiger partial charge on any atom is 0.225 e. The SMILES string of the molecule is Cc1ccc(S[C@@]2(C(=O)CCCCN3CCOCC3)CC(=O)N(Cc3ccc(Cl)cc3)[C@H]2c2c[nH]c3cc(Br)ccc23)cc1. The lowest BCUT2D eigenvalue weighted by molar-refractivity contribution is -0.129. The maximum absolute atomic E-state index is 14.7. The number of likely N-dealkylation sites (tertiary alicyclic amines) is 1. The molecule has 1 N–H and O–H groups in total. The Hall–Kier alpha value is -2.62. The van der Waals surface area contributed by atoms with Gasteiger partial charge in [0.1, 0.15) is 4.75 Å². The van der Waals surface area contributed by atoms with Crippen LogP contribution < -0.4 is 0 Å². The average Bonchev–Trinajstić information content (AvgIpc) is 3.55. The van der Waals surface area contributed by atoms with Crippen LogP contribution in [0.2, 0.25) is 5.02 Å². The number of unbranched alkanes of at least 4 members (excludes halogenated alkanes) is 1. The molecule has 0 saturated carbocycles. The quantitative estimate of drug-likeness (QED) is 0.162. The predicted molar refractivity (Wildman–Crippen MR) is 181 cm³/mol. The molecule has 6 nitrogen and oxygen atoms in total. The van der Waals surface area contributed by atoms with Gasteiger partial charge in [-0.3, -0.25) is 14.5 Å². The van der Waals surface area contributed by atoms with Crippen LogP contribution in [0, 0.1) is 6.92 Å². The van der Waals surface area contributed by atoms with Crippen LogP contribution in [0.1, 0.15) is 48.4 Å². The van der Waals surface area contributed by atoms with Crippen LogP contribution in [0.15, 0.2) is 82.3 Å². The number of H-pyrrole nitrogens is 1. The molecule has 0 aliphatic carbocycles. The Morgan fingerprint density at radius 2 is 1.82 bits per heavy atom. The summed E-state index contributed by atoms with van der Waals surface area (Å²) in [5.41, 5.74) is 4.06. The molecule has 2 aliphatic heterocycles. The van der Waals surface area contributed by atoms with Gasteiger partial charge in [-0.15, -0.1) is 11.8 Å². The number of rotatable bonds is 11. The van der Waals surface area contributed by atoms with Crippen LogP contribution in [-0.4, -0.2) is 64.1 Å². The van der Waals surface area contributed by atoms with Gasteiger partial charge < -0.3 is 14.6 Å². The van der Waals surface area contributed by atoms with Gasteiger partial charge >= 0.3 is 0 Å². The third kappa shape index (κ3) is 6.80. The Morgan fingerprint density at radius 3 is 2.57 bits per heavy atom. The van der Waals surface area contributed by atoms with Crippen LogP contribution in [0.5, 0.6) is 0 Å². The van der Waals surface area contributed by atoms with E-state index >= 15 is 0 Å². The number of aryl methyl sites for hydroxylation is 1. The molecule has 2 saturated heterocycles. The lowest BCUT2D eigenvalue weighted by Crippen LogP contribution is -2.42. The molecule has 2 aliphatic rings. The Morgan fingerprint density at radius 1 is 1.07 bits per heavy atom. The number of aromatic nitrogens is 1. The van der Waals surface area contributed by atoms with Crippen LogP contribution in [0.4, 0.5) is 0 Å². The van der Waals surface area contributed by atoms with E-state index in [0.29, 0.717) is 18.0 Å². The van der Waals surface area contributed by atoms with E-state index < -0.39 is 10.8 Å². The fourth-order valence-electron chi connectivity index (χ4n) is 6.42. The number of benzene rings is 3. The van der Waals surface area contributed by atoms with Crippen molar-refractivity contribution in [2.45, 2.75) is 54.8 Å². The first-order chi connectivity index (χ1) is 21.3. The number of carbonyl (C=O) groups excluding carboxylic acids is 2. The summed E-state index contributed by atoms with van der Waals surface area (Å²) in [5, 5.41) is 1.67. The molecule has 44 heavy (non-hydrogen) atoms. The van der Waals surface area contributed by atoms with Crippen molar-refractivity contribution >= 4 is 61.9 Å². The van der Waals surface area contributed by atoms with Gasteiger partial charge in [0.05, 0.1) is 25.7 Å². The number of nitrogens with one attached hydrogen (secondary N) is 1. The number of nitrogens with zero attached hydrogens (tertiary/aromatic N) is 2. The molecular formula is C35H37BrClN3O3S. The molecule has 0 bridgehead atoms. The number of fused-ring (bicyclic) bond motifs is 1. The van der Waals surface area contributed by atoms with E-state index in [1.807, 2.05) is 47.5 Å². The first kappa shape index (κ1) is 31.4. The molecule has 2 fully saturated rings. The van der Waals surface area contributed by atoms with Crippen molar-refractivity contribution in [1.82, 2.24) is 14.8 Å². The van der Waals surface area contributed by atoms with Gasteiger partial charge in [-0.25, -0.2) is 0 Å². The first-order valence-corrected chi connectivity index (χ1v) is 17.2. The average molecular weight is 695 g/mol. The molecule has 0 radical (unpaired) electrons. The van der Waals surface area contributed by atoms with Gasteiger partial charge in [-0.2, -0.15) is 0 Å². The van der Waals surface area contributed by atoms with E-state index in [4.69, 9.17) is 16.3 Å². The van der Waals surface area contributed by atoms with Gasteiger partial charge in [0, 0.05) is 63.1 Å². The zero-order valence-electron chi connectivity index (χ0n) is 24.9. The summed E-state index contributed by atoms with van der Waals surface area (Å²) in [6.45, 7) is 6.82. The third-order valence-electron chi connectivity index (χ3n) is 8.75. The molecule has 230 valence electrons. The number of hydrogen-bond acceptors (Lipinski definition) is 5. The highest BCUT2D eigenvalue weighted by Crippen LogP contribution is 2.55. The Balaban J connectivity index is 1.39. The molecule has 0 spiro atoms. The van der Waals surface area contributed by atoms with Crippen molar-refractivity contribution in [3.8, 4) is 0 Å². The summed E-state index contributed by atoms with van der Waals surface area (Å²) in [5.74, 6) is 0.117. The summed E-state index contributed by atoms with van der Waals surface area (Å²) < 4.78 is 5.48. The monoisotopic (exact) mass is 693 g/mol. The zero-order valence-corrected chi connectivity index (χ0v) is 28.0. The van der Waals surface area contributed by atoms with Gasteiger partial charge in [-0.1, -0.05) is 63.4 Å². The van der Waals surface area contributed by atoms with Gasteiger partial charge in [0.15, 0.2) is 5.78 Å². The normalized spacial score (nSPS) is 20.9. The second-order valence-electron chi connectivity index (χ2n) is 11.8. The van der Waals surface area contributed by atoms with E-state index in [1.165, 1.54) is 0 Å². The largest absolute Gasteiger partial charge is 0.379 e. The van der Waals surface area contributed by atoms with E-state index in [-0.39, 0.29) is 18.1 Å². The van der Waals surface area contributed by atoms with E-state index in [2.05, 4.69) is 63.1 Å². The minimum atomic E-state index is -0.986. The van der Waals surface area contributed by atoms with Gasteiger partial charge in [0.2, 0.25) is 5.91 Å². The lowest BCUT2D eigenvalue weighted by atomic mass is 9.86. The topological polar surface area (TPSA) is 65.6 Å². The number of hydrogen-bond donors (Lipinski definition) is 1. The third-order valence-corrected chi connectivity index (χ3v) is 11.0. The lowest BCUT2D eigenvalue weighted by Gasteiger charge is -2.36. The number of ether oxygens (including phenoxy) is 1. The van der Waals surface area contributed by atoms with Crippen LogP contribution >= 0.6 is 39.3 Å². The van der Waals surface area contributed by atoms with Crippen LogP contribution in [-0.2, 0) is 20.9 Å². The molecule has 2 atom stereocenters. The smallest absolute Gasteiger partial charge is 0.225 e. The second-order valence-corrected chi connectivity index (χ2v) is 14.6. The van der Waals surface area contributed by atoms with E-state index in [9.17, 15) is 9.59 Å². The molecular weight excluding hydrogens is 658 g/mol. The van der Waals surface area contributed by atoms with Gasteiger partial charge in [0.25, 0.3) is 0 Å². The van der Waals surface area contributed by atoms with Crippen molar-refractivity contribution in [1.29, 1.82) is 0 Å². The van der Waals surface area contributed by atoms with E-state index in [1.54, 1.807) is 11.8 Å². The van der Waals surface area contributed by atoms with Crippen molar-refractivity contribution in [2.75, 3.05) is 32.8 Å². The van der Waals surface area contributed by atoms with Crippen LogP contribution in [0.25, 0.3) is 10.9 Å². The van der Waals surface area contributed by atoms with Crippen molar-refractivity contribution < 1.29 is 14.3 Å². The molecule has 3 aromatic carbocycles. The number of Topliss-reactive ketones (excluding diaryl/α,β-unsaturated/α-hetero) is 1.